The normalized spacial score (nSPS) is 9.93. The van der Waals surface area contributed by atoms with E-state index in [1.54, 1.807) is 30.3 Å². The molecule has 0 fully saturated rings. The van der Waals surface area contributed by atoms with Crippen molar-refractivity contribution in [2.45, 2.75) is 0 Å². The lowest BCUT2D eigenvalue weighted by Gasteiger charge is -2.01. The van der Waals surface area contributed by atoms with Crippen molar-refractivity contribution >= 4 is 5.97 Å². The summed E-state index contributed by atoms with van der Waals surface area (Å²) in [5, 5.41) is 0. The first-order valence-electron chi connectivity index (χ1n) is 4.46. The van der Waals surface area contributed by atoms with E-state index in [1.165, 1.54) is 7.11 Å². The smallest absolute Gasteiger partial charge is 0.337 e. The number of esters is 1. The maximum atomic E-state index is 11.3. The predicted octanol–water partition coefficient (Wildman–Crippen LogP) is 2.53. The standard InChI is InChI=1S/C12H9O3/c1-14-12(13)10-5-2-4-9(8-10)11-6-3-7-15-11/h2-6,8H,1H3. The maximum Gasteiger partial charge on any atom is 0.337 e. The molecule has 15 heavy (non-hydrogen) atoms. The van der Waals surface area contributed by atoms with Gasteiger partial charge in [0.15, 0.2) is 6.26 Å². The fourth-order valence-corrected chi connectivity index (χ4v) is 1.31. The zero-order valence-electron chi connectivity index (χ0n) is 8.19. The molecule has 0 aliphatic rings. The van der Waals surface area contributed by atoms with Gasteiger partial charge in [-0.2, -0.15) is 0 Å². The summed E-state index contributed by atoms with van der Waals surface area (Å²) in [5.74, 6) is 0.327. The second kappa shape index (κ2) is 4.00. The average Bonchev–Trinajstić information content (AvgIpc) is 2.82. The maximum absolute atomic E-state index is 11.3. The first-order chi connectivity index (χ1) is 7.31. The highest BCUT2D eigenvalue weighted by molar-refractivity contribution is 5.90. The van der Waals surface area contributed by atoms with E-state index in [0.29, 0.717) is 11.3 Å². The van der Waals surface area contributed by atoms with Gasteiger partial charge < -0.3 is 9.15 Å². The summed E-state index contributed by atoms with van der Waals surface area (Å²) in [7, 11) is 1.36. The summed E-state index contributed by atoms with van der Waals surface area (Å²) < 4.78 is 9.74. The predicted molar refractivity (Wildman–Crippen MR) is 54.3 cm³/mol. The van der Waals surface area contributed by atoms with E-state index in [0.717, 1.165) is 5.56 Å². The number of rotatable bonds is 2. The molecule has 0 unspecified atom stereocenters. The molecule has 3 heteroatoms. The molecule has 0 atom stereocenters. The van der Waals surface area contributed by atoms with Crippen LogP contribution in [0.15, 0.2) is 40.8 Å². The van der Waals surface area contributed by atoms with Gasteiger partial charge in [0.05, 0.1) is 12.7 Å². The average molecular weight is 201 g/mol. The largest absolute Gasteiger partial charge is 0.465 e. The summed E-state index contributed by atoms with van der Waals surface area (Å²) in [4.78, 5) is 11.3. The number of hydrogen-bond acceptors (Lipinski definition) is 3. The Morgan fingerprint density at radius 1 is 1.40 bits per heavy atom. The number of benzene rings is 1. The Kier molecular flexibility index (Phi) is 2.54. The molecule has 1 heterocycles. The van der Waals surface area contributed by atoms with Crippen LogP contribution in [0.1, 0.15) is 10.4 Å². The lowest BCUT2D eigenvalue weighted by atomic mass is 10.1. The van der Waals surface area contributed by atoms with Crippen LogP contribution < -0.4 is 0 Å². The van der Waals surface area contributed by atoms with Gasteiger partial charge in [0, 0.05) is 5.56 Å². The minimum Gasteiger partial charge on any atom is -0.465 e. The van der Waals surface area contributed by atoms with Crippen molar-refractivity contribution in [3.8, 4) is 11.3 Å². The minimum absolute atomic E-state index is 0.354. The van der Waals surface area contributed by atoms with E-state index in [4.69, 9.17) is 4.42 Å². The van der Waals surface area contributed by atoms with Crippen LogP contribution in [0.3, 0.4) is 0 Å². The Balaban J connectivity index is 2.39. The summed E-state index contributed by atoms with van der Waals surface area (Å²) in [6, 6.07) is 10.5. The van der Waals surface area contributed by atoms with Crippen LogP contribution in [0.5, 0.6) is 0 Å². The first-order valence-corrected chi connectivity index (χ1v) is 4.46. The van der Waals surface area contributed by atoms with E-state index in [-0.39, 0.29) is 5.97 Å². The molecule has 0 aliphatic carbocycles. The Morgan fingerprint density at radius 3 is 2.93 bits per heavy atom. The quantitative estimate of drug-likeness (QED) is 0.701. The van der Waals surface area contributed by atoms with Gasteiger partial charge in [-0.25, -0.2) is 4.79 Å². The third-order valence-corrected chi connectivity index (χ3v) is 2.04. The summed E-state index contributed by atoms with van der Waals surface area (Å²) in [5.41, 5.74) is 1.34. The number of furan rings is 1. The lowest BCUT2D eigenvalue weighted by molar-refractivity contribution is 0.0601. The van der Waals surface area contributed by atoms with Gasteiger partial charge in [-0.05, 0) is 24.3 Å². The van der Waals surface area contributed by atoms with Crippen molar-refractivity contribution in [3.05, 3.63) is 48.2 Å². The number of carbonyl (C=O) groups is 1. The zero-order chi connectivity index (χ0) is 10.7. The van der Waals surface area contributed by atoms with Gasteiger partial charge in [0.25, 0.3) is 0 Å². The van der Waals surface area contributed by atoms with E-state index < -0.39 is 0 Å². The number of carbonyl (C=O) groups excluding carboxylic acids is 1. The molecule has 1 aromatic heterocycles. The van der Waals surface area contributed by atoms with Crippen LogP contribution in [-0.4, -0.2) is 13.1 Å². The van der Waals surface area contributed by atoms with Crippen molar-refractivity contribution in [3.63, 3.8) is 0 Å². The third kappa shape index (κ3) is 1.91. The molecule has 2 rings (SSSR count). The molecule has 1 radical (unpaired) electrons. The fraction of sp³-hybridized carbons (Fsp3) is 0.0833. The van der Waals surface area contributed by atoms with Crippen LogP contribution in [0.2, 0.25) is 0 Å². The van der Waals surface area contributed by atoms with Gasteiger partial charge in [-0.3, -0.25) is 0 Å². The van der Waals surface area contributed by atoms with Crippen molar-refractivity contribution in [1.82, 2.24) is 0 Å². The highest BCUT2D eigenvalue weighted by Crippen LogP contribution is 2.20. The van der Waals surface area contributed by atoms with Gasteiger partial charge >= 0.3 is 5.97 Å². The third-order valence-electron chi connectivity index (χ3n) is 2.04. The first kappa shape index (κ1) is 9.52. The molecular weight excluding hydrogens is 192 g/mol. The van der Waals surface area contributed by atoms with E-state index in [9.17, 15) is 4.79 Å². The molecule has 3 nitrogen and oxygen atoms in total. The SMILES string of the molecule is COC(=O)c1cccc(-c2cc[c]o2)c1. The second-order valence-electron chi connectivity index (χ2n) is 2.99. The van der Waals surface area contributed by atoms with E-state index >= 15 is 0 Å². The van der Waals surface area contributed by atoms with Crippen molar-refractivity contribution in [2.75, 3.05) is 7.11 Å². The highest BCUT2D eigenvalue weighted by atomic mass is 16.5. The minimum atomic E-state index is -0.354. The van der Waals surface area contributed by atoms with Crippen molar-refractivity contribution < 1.29 is 13.9 Å². The Bertz CT molecular complexity index is 457. The second-order valence-corrected chi connectivity index (χ2v) is 2.99. The van der Waals surface area contributed by atoms with Crippen LogP contribution in [0.4, 0.5) is 0 Å². The Labute approximate surface area is 87.3 Å². The van der Waals surface area contributed by atoms with Crippen LogP contribution >= 0.6 is 0 Å². The molecule has 0 amide bonds. The summed E-state index contributed by atoms with van der Waals surface area (Å²) >= 11 is 0. The highest BCUT2D eigenvalue weighted by Gasteiger charge is 2.07. The molecule has 0 saturated heterocycles. The molecule has 0 spiro atoms. The van der Waals surface area contributed by atoms with Crippen LogP contribution in [-0.2, 0) is 4.74 Å². The van der Waals surface area contributed by atoms with Gasteiger partial charge in [0.2, 0.25) is 0 Å². The molecule has 1 aromatic carbocycles. The van der Waals surface area contributed by atoms with Crippen LogP contribution in [0.25, 0.3) is 11.3 Å². The van der Waals surface area contributed by atoms with Gasteiger partial charge in [-0.1, -0.05) is 12.1 Å². The number of methoxy groups -OCH3 is 1. The number of ether oxygens (including phenoxy) is 1. The van der Waals surface area contributed by atoms with Crippen molar-refractivity contribution in [1.29, 1.82) is 0 Å². The van der Waals surface area contributed by atoms with Crippen LogP contribution in [0, 0.1) is 6.26 Å². The lowest BCUT2D eigenvalue weighted by Crippen LogP contribution is -2.00. The topological polar surface area (TPSA) is 39.4 Å². The fourth-order valence-electron chi connectivity index (χ4n) is 1.31. The Hall–Kier alpha value is -2.03. The molecule has 75 valence electrons. The van der Waals surface area contributed by atoms with E-state index in [1.807, 2.05) is 6.07 Å². The number of hydrogen-bond donors (Lipinski definition) is 0. The molecule has 2 aromatic rings. The molecule has 0 aliphatic heterocycles. The Morgan fingerprint density at radius 2 is 2.27 bits per heavy atom. The molecule has 0 N–H and O–H groups in total. The molecule has 0 bridgehead atoms. The van der Waals surface area contributed by atoms with Crippen molar-refractivity contribution in [2.24, 2.45) is 0 Å². The van der Waals surface area contributed by atoms with Gasteiger partial charge in [-0.15, -0.1) is 0 Å². The summed E-state index contributed by atoms with van der Waals surface area (Å²) in [6.45, 7) is 0. The van der Waals surface area contributed by atoms with Gasteiger partial charge in [0.1, 0.15) is 5.76 Å². The zero-order valence-corrected chi connectivity index (χ0v) is 8.19. The molecule has 0 saturated carbocycles. The monoisotopic (exact) mass is 201 g/mol. The van der Waals surface area contributed by atoms with E-state index in [2.05, 4.69) is 11.0 Å². The molecular formula is C12H9O3. The summed E-state index contributed by atoms with van der Waals surface area (Å²) in [6.07, 6.45) is 2.60.